The van der Waals surface area contributed by atoms with Crippen molar-refractivity contribution in [1.82, 2.24) is 5.32 Å². The number of hydrogen-bond acceptors (Lipinski definition) is 2. The van der Waals surface area contributed by atoms with Crippen LogP contribution in [0.2, 0.25) is 0 Å². The first-order valence-corrected chi connectivity index (χ1v) is 8.54. The first-order valence-electron chi connectivity index (χ1n) is 8.54. The Kier molecular flexibility index (Phi) is 5.04. The number of hydrogen-bond donors (Lipinski definition) is 1. The van der Waals surface area contributed by atoms with Crippen LogP contribution in [0.4, 0.5) is 10.5 Å². The molecule has 0 bridgehead atoms. The average Bonchev–Trinajstić information content (AvgIpc) is 2.61. The van der Waals surface area contributed by atoms with E-state index in [0.717, 1.165) is 29.8 Å². The van der Waals surface area contributed by atoms with Gasteiger partial charge in [0.25, 0.3) is 0 Å². The number of urea groups is 1. The summed E-state index contributed by atoms with van der Waals surface area (Å²) >= 11 is 0. The number of aryl methyl sites for hydroxylation is 1. The molecular weight excluding hydrogens is 300 g/mol. The quantitative estimate of drug-likeness (QED) is 0.926. The summed E-state index contributed by atoms with van der Waals surface area (Å²) in [5, 5.41) is 3.04. The summed E-state index contributed by atoms with van der Waals surface area (Å²) in [5.74, 6) is 0.789. The maximum absolute atomic E-state index is 12.7. The molecule has 2 amide bonds. The SMILES string of the molecule is CC[C@H]1CN(C(=O)NCCc2ccccc2)c2cc(C)ccc2O1. The van der Waals surface area contributed by atoms with E-state index in [1.165, 1.54) is 5.56 Å². The maximum Gasteiger partial charge on any atom is 0.322 e. The number of nitrogens with one attached hydrogen (secondary N) is 1. The van der Waals surface area contributed by atoms with Gasteiger partial charge in [-0.05, 0) is 43.0 Å². The van der Waals surface area contributed by atoms with Crippen molar-refractivity contribution < 1.29 is 9.53 Å². The third kappa shape index (κ3) is 3.70. The van der Waals surface area contributed by atoms with Crippen LogP contribution in [-0.4, -0.2) is 25.2 Å². The van der Waals surface area contributed by atoms with Crippen LogP contribution in [0.3, 0.4) is 0 Å². The van der Waals surface area contributed by atoms with Gasteiger partial charge in [-0.15, -0.1) is 0 Å². The Morgan fingerprint density at radius 3 is 2.79 bits per heavy atom. The fraction of sp³-hybridized carbons (Fsp3) is 0.350. The fourth-order valence-corrected chi connectivity index (χ4v) is 2.92. The second-order valence-corrected chi connectivity index (χ2v) is 6.20. The van der Waals surface area contributed by atoms with Gasteiger partial charge in [0.2, 0.25) is 0 Å². The molecule has 2 aromatic carbocycles. The van der Waals surface area contributed by atoms with Gasteiger partial charge in [0.15, 0.2) is 0 Å². The minimum atomic E-state index is -0.0560. The smallest absolute Gasteiger partial charge is 0.322 e. The molecule has 0 unspecified atom stereocenters. The molecule has 4 nitrogen and oxygen atoms in total. The highest BCUT2D eigenvalue weighted by atomic mass is 16.5. The predicted octanol–water partition coefficient (Wildman–Crippen LogP) is 3.92. The van der Waals surface area contributed by atoms with Crippen molar-refractivity contribution in [3.8, 4) is 5.75 Å². The topological polar surface area (TPSA) is 41.6 Å². The Balaban J connectivity index is 1.68. The highest BCUT2D eigenvalue weighted by Crippen LogP contribution is 2.34. The molecule has 0 saturated carbocycles. The highest BCUT2D eigenvalue weighted by Gasteiger charge is 2.28. The van der Waals surface area contributed by atoms with E-state index < -0.39 is 0 Å². The average molecular weight is 324 g/mol. The Hall–Kier alpha value is -2.49. The summed E-state index contributed by atoms with van der Waals surface area (Å²) in [7, 11) is 0. The summed E-state index contributed by atoms with van der Waals surface area (Å²) < 4.78 is 5.97. The summed E-state index contributed by atoms with van der Waals surface area (Å²) in [6.07, 6.45) is 1.75. The maximum atomic E-state index is 12.7. The summed E-state index contributed by atoms with van der Waals surface area (Å²) in [5.41, 5.74) is 3.20. The first kappa shape index (κ1) is 16.4. The Labute approximate surface area is 143 Å². The number of benzene rings is 2. The van der Waals surface area contributed by atoms with E-state index in [-0.39, 0.29) is 12.1 Å². The van der Waals surface area contributed by atoms with Gasteiger partial charge >= 0.3 is 6.03 Å². The molecule has 1 heterocycles. The third-order valence-corrected chi connectivity index (χ3v) is 4.32. The minimum absolute atomic E-state index is 0.0417. The molecular formula is C20H24N2O2. The Morgan fingerprint density at radius 2 is 2.04 bits per heavy atom. The molecule has 0 aliphatic carbocycles. The molecule has 1 aliphatic rings. The van der Waals surface area contributed by atoms with Gasteiger partial charge in [-0.2, -0.15) is 0 Å². The number of rotatable bonds is 4. The second kappa shape index (κ2) is 7.39. The van der Waals surface area contributed by atoms with Crippen molar-refractivity contribution >= 4 is 11.7 Å². The lowest BCUT2D eigenvalue weighted by Gasteiger charge is -2.34. The number of carbonyl (C=O) groups is 1. The van der Waals surface area contributed by atoms with Crippen LogP contribution in [0, 0.1) is 6.92 Å². The van der Waals surface area contributed by atoms with E-state index >= 15 is 0 Å². The first-order chi connectivity index (χ1) is 11.7. The largest absolute Gasteiger partial charge is 0.486 e. The van der Waals surface area contributed by atoms with E-state index in [1.54, 1.807) is 0 Å². The summed E-state index contributed by atoms with van der Waals surface area (Å²) in [4.78, 5) is 14.5. The lowest BCUT2D eigenvalue weighted by Crippen LogP contribution is -2.48. The predicted molar refractivity (Wildman–Crippen MR) is 96.8 cm³/mol. The van der Waals surface area contributed by atoms with Crippen molar-refractivity contribution in [3.05, 3.63) is 59.7 Å². The van der Waals surface area contributed by atoms with Gasteiger partial charge in [0.05, 0.1) is 12.2 Å². The van der Waals surface area contributed by atoms with Gasteiger partial charge in [0.1, 0.15) is 11.9 Å². The van der Waals surface area contributed by atoms with Crippen molar-refractivity contribution in [2.45, 2.75) is 32.8 Å². The third-order valence-electron chi connectivity index (χ3n) is 4.32. The number of anilines is 1. The van der Waals surface area contributed by atoms with Crippen LogP contribution in [0.5, 0.6) is 5.75 Å². The van der Waals surface area contributed by atoms with Crippen molar-refractivity contribution in [2.75, 3.05) is 18.0 Å². The summed E-state index contributed by atoms with van der Waals surface area (Å²) in [6.45, 7) is 5.31. The molecule has 0 saturated heterocycles. The van der Waals surface area contributed by atoms with Gasteiger partial charge in [-0.3, -0.25) is 4.90 Å². The van der Waals surface area contributed by atoms with E-state index in [0.29, 0.717) is 13.1 Å². The van der Waals surface area contributed by atoms with Crippen LogP contribution in [-0.2, 0) is 6.42 Å². The molecule has 0 aromatic heterocycles. The van der Waals surface area contributed by atoms with Crippen LogP contribution in [0.1, 0.15) is 24.5 Å². The normalized spacial score (nSPS) is 16.2. The Morgan fingerprint density at radius 1 is 1.25 bits per heavy atom. The van der Waals surface area contributed by atoms with Gasteiger partial charge in [-0.25, -0.2) is 4.79 Å². The molecule has 0 radical (unpaired) electrons. The van der Waals surface area contributed by atoms with Crippen LogP contribution < -0.4 is 15.0 Å². The summed E-state index contributed by atoms with van der Waals surface area (Å²) in [6, 6.07) is 16.1. The number of carbonyl (C=O) groups excluding carboxylic acids is 1. The van der Waals surface area contributed by atoms with Crippen molar-refractivity contribution in [3.63, 3.8) is 0 Å². The van der Waals surface area contributed by atoms with Crippen LogP contribution >= 0.6 is 0 Å². The molecule has 0 fully saturated rings. The standard InChI is InChI=1S/C20H24N2O2/c1-3-17-14-22(18-13-15(2)9-10-19(18)24-17)20(23)21-12-11-16-7-5-4-6-8-16/h4-10,13,17H,3,11-12,14H2,1-2H3,(H,21,23)/t17-/m0/s1. The molecule has 1 aliphatic heterocycles. The van der Waals surface area contributed by atoms with E-state index in [2.05, 4.69) is 24.4 Å². The second-order valence-electron chi connectivity index (χ2n) is 6.20. The van der Waals surface area contributed by atoms with Crippen molar-refractivity contribution in [2.24, 2.45) is 0 Å². The molecule has 24 heavy (non-hydrogen) atoms. The molecule has 1 atom stereocenters. The molecule has 4 heteroatoms. The van der Waals surface area contributed by atoms with Gasteiger partial charge < -0.3 is 10.1 Å². The molecule has 126 valence electrons. The molecule has 3 rings (SSSR count). The van der Waals surface area contributed by atoms with E-state index in [9.17, 15) is 4.79 Å². The zero-order chi connectivity index (χ0) is 16.9. The van der Waals surface area contributed by atoms with Crippen LogP contribution in [0.25, 0.3) is 0 Å². The number of fused-ring (bicyclic) bond motifs is 1. The zero-order valence-corrected chi connectivity index (χ0v) is 14.3. The van der Waals surface area contributed by atoms with E-state index in [1.807, 2.05) is 48.2 Å². The number of ether oxygens (including phenoxy) is 1. The number of nitrogens with zero attached hydrogens (tertiary/aromatic N) is 1. The van der Waals surface area contributed by atoms with E-state index in [4.69, 9.17) is 4.74 Å². The lowest BCUT2D eigenvalue weighted by atomic mass is 10.1. The fourth-order valence-electron chi connectivity index (χ4n) is 2.92. The van der Waals surface area contributed by atoms with Crippen molar-refractivity contribution in [1.29, 1.82) is 0 Å². The molecule has 2 aromatic rings. The van der Waals surface area contributed by atoms with Gasteiger partial charge in [-0.1, -0.05) is 43.3 Å². The molecule has 0 spiro atoms. The van der Waals surface area contributed by atoms with Crippen LogP contribution in [0.15, 0.2) is 48.5 Å². The zero-order valence-electron chi connectivity index (χ0n) is 14.3. The highest BCUT2D eigenvalue weighted by molar-refractivity contribution is 5.94. The lowest BCUT2D eigenvalue weighted by molar-refractivity contribution is 0.186. The molecule has 1 N–H and O–H groups in total. The van der Waals surface area contributed by atoms with Gasteiger partial charge in [0, 0.05) is 6.54 Å². The minimum Gasteiger partial charge on any atom is -0.486 e. The number of amides is 2. The Bertz CT molecular complexity index is 700. The monoisotopic (exact) mass is 324 g/mol.